The van der Waals surface area contributed by atoms with E-state index in [1.807, 2.05) is 18.2 Å². The second-order valence-electron chi connectivity index (χ2n) is 5.60. The molecule has 0 aliphatic rings. The third kappa shape index (κ3) is 4.52. The zero-order valence-corrected chi connectivity index (χ0v) is 15.7. The van der Waals surface area contributed by atoms with Gasteiger partial charge < -0.3 is 10.3 Å². The van der Waals surface area contributed by atoms with Gasteiger partial charge >= 0.3 is 6.18 Å². The zero-order chi connectivity index (χ0) is 18.1. The van der Waals surface area contributed by atoms with Crippen LogP contribution in [0.25, 0.3) is 22.3 Å². The van der Waals surface area contributed by atoms with Gasteiger partial charge in [-0.2, -0.15) is 13.2 Å². The lowest BCUT2D eigenvalue weighted by Crippen LogP contribution is -2.05. The Bertz CT molecular complexity index is 1080. The number of alkyl halides is 3. The Kier molecular flexibility index (Phi) is 6.48. The normalized spacial score (nSPS) is 10.8. The summed E-state index contributed by atoms with van der Waals surface area (Å²) in [5, 5.41) is 2.81. The Balaban J connectivity index is 0.00000140. The minimum absolute atomic E-state index is 0. The van der Waals surface area contributed by atoms with Gasteiger partial charge in [-0.25, -0.2) is 15.0 Å². The second kappa shape index (κ2) is 8.45. The summed E-state index contributed by atoms with van der Waals surface area (Å²) in [6.45, 7) is 0. The fourth-order valence-electron chi connectivity index (χ4n) is 2.57. The lowest BCUT2D eigenvalue weighted by atomic mass is 10.1. The van der Waals surface area contributed by atoms with E-state index < -0.39 is 11.7 Å². The van der Waals surface area contributed by atoms with Crippen LogP contribution in [-0.2, 0) is 6.18 Å². The van der Waals surface area contributed by atoms with Crippen molar-refractivity contribution < 1.29 is 13.2 Å². The maximum absolute atomic E-state index is 12.8. The van der Waals surface area contributed by atoms with Gasteiger partial charge in [0.15, 0.2) is 0 Å². The van der Waals surface area contributed by atoms with Crippen LogP contribution in [-0.4, -0.2) is 19.9 Å². The van der Waals surface area contributed by atoms with E-state index in [-0.39, 0.29) is 36.4 Å². The molecule has 0 amide bonds. The maximum atomic E-state index is 12.8. The summed E-state index contributed by atoms with van der Waals surface area (Å²) < 4.78 is 38.5. The average Bonchev–Trinajstić information content (AvgIpc) is 3.09. The Labute approximate surface area is 170 Å². The van der Waals surface area contributed by atoms with E-state index in [1.54, 1.807) is 18.6 Å². The highest BCUT2D eigenvalue weighted by atomic mass is 35.5. The van der Waals surface area contributed by atoms with Crippen molar-refractivity contribution in [3.05, 3.63) is 66.6 Å². The predicted molar refractivity (Wildman–Crippen MR) is 106 cm³/mol. The van der Waals surface area contributed by atoms with E-state index >= 15 is 0 Å². The van der Waals surface area contributed by atoms with Crippen LogP contribution in [0, 0.1) is 0 Å². The van der Waals surface area contributed by atoms with Gasteiger partial charge in [-0.1, -0.05) is 12.1 Å². The number of hydrogen-bond donors (Lipinski definition) is 2. The molecule has 0 fully saturated rings. The van der Waals surface area contributed by atoms with Crippen LogP contribution >= 0.6 is 24.8 Å². The summed E-state index contributed by atoms with van der Waals surface area (Å²) >= 11 is 0. The number of benzene rings is 2. The summed E-state index contributed by atoms with van der Waals surface area (Å²) in [7, 11) is 0. The number of imidazole rings is 1. The molecule has 0 spiro atoms. The smallest absolute Gasteiger partial charge is 0.345 e. The van der Waals surface area contributed by atoms with Gasteiger partial charge in [-0.3, -0.25) is 0 Å². The minimum Gasteiger partial charge on any atom is -0.345 e. The van der Waals surface area contributed by atoms with Crippen LogP contribution in [0.1, 0.15) is 5.56 Å². The van der Waals surface area contributed by atoms with Crippen molar-refractivity contribution in [1.82, 2.24) is 19.9 Å². The number of aromatic amines is 1. The van der Waals surface area contributed by atoms with E-state index in [1.165, 1.54) is 12.1 Å². The van der Waals surface area contributed by atoms with E-state index in [2.05, 4.69) is 25.3 Å². The molecule has 0 atom stereocenters. The average molecular weight is 428 g/mol. The Hall–Kier alpha value is -2.84. The number of H-pyrrole nitrogens is 1. The molecule has 5 nitrogen and oxygen atoms in total. The minimum atomic E-state index is -4.40. The second-order valence-corrected chi connectivity index (χ2v) is 5.60. The van der Waals surface area contributed by atoms with Crippen LogP contribution in [0.5, 0.6) is 0 Å². The number of aromatic nitrogens is 4. The molecule has 0 radical (unpaired) electrons. The van der Waals surface area contributed by atoms with E-state index in [0.717, 1.165) is 28.7 Å². The van der Waals surface area contributed by atoms with Crippen LogP contribution in [0.15, 0.2) is 61.1 Å². The highest BCUT2D eigenvalue weighted by molar-refractivity contribution is 5.85. The van der Waals surface area contributed by atoms with Gasteiger partial charge in [0, 0.05) is 17.4 Å². The molecule has 2 N–H and O–H groups in total. The first-order valence-corrected chi connectivity index (χ1v) is 7.70. The SMILES string of the molecule is Cl.Cl.FC(F)(F)c1cccc(Nc2nccc(-c3ccc4[nH]cnc4c3)n2)c1. The van der Waals surface area contributed by atoms with E-state index in [9.17, 15) is 13.2 Å². The third-order valence-corrected chi connectivity index (χ3v) is 3.82. The Morgan fingerprint density at radius 2 is 1.75 bits per heavy atom. The van der Waals surface area contributed by atoms with Gasteiger partial charge in [0.05, 0.1) is 28.6 Å². The molecule has 0 unspecified atom stereocenters. The monoisotopic (exact) mass is 427 g/mol. The molecule has 146 valence electrons. The molecule has 0 aliphatic carbocycles. The van der Waals surface area contributed by atoms with Gasteiger partial charge in [-0.05, 0) is 36.4 Å². The molecular formula is C18H14Cl2F3N5. The molecule has 0 aliphatic heterocycles. The molecular weight excluding hydrogens is 414 g/mol. The number of nitrogens with zero attached hydrogens (tertiary/aromatic N) is 3. The number of hydrogen-bond acceptors (Lipinski definition) is 4. The maximum Gasteiger partial charge on any atom is 0.416 e. The van der Waals surface area contributed by atoms with Gasteiger partial charge in [0.1, 0.15) is 0 Å². The predicted octanol–water partition coefficient (Wildman–Crippen LogP) is 5.63. The lowest BCUT2D eigenvalue weighted by molar-refractivity contribution is -0.137. The molecule has 0 saturated heterocycles. The van der Waals surface area contributed by atoms with Crippen molar-refractivity contribution in [2.45, 2.75) is 6.18 Å². The summed E-state index contributed by atoms with van der Waals surface area (Å²) in [6, 6.07) is 12.3. The standard InChI is InChI=1S/C18H12F3N5.2ClH/c19-18(20,21)12-2-1-3-13(9-12)25-17-22-7-6-14(26-17)11-4-5-15-16(8-11)24-10-23-15;;/h1-10H,(H,23,24)(H,22,25,26);2*1H. The summed E-state index contributed by atoms with van der Waals surface area (Å²) in [6.07, 6.45) is -1.25. The summed E-state index contributed by atoms with van der Waals surface area (Å²) in [5.74, 6) is 0.212. The van der Waals surface area contributed by atoms with Crippen molar-refractivity contribution >= 4 is 47.5 Å². The van der Waals surface area contributed by atoms with Crippen molar-refractivity contribution in [3.63, 3.8) is 0 Å². The van der Waals surface area contributed by atoms with E-state index in [4.69, 9.17) is 0 Å². The number of anilines is 2. The van der Waals surface area contributed by atoms with E-state index in [0.29, 0.717) is 5.69 Å². The highest BCUT2D eigenvalue weighted by Gasteiger charge is 2.30. The molecule has 0 saturated carbocycles. The van der Waals surface area contributed by atoms with Crippen LogP contribution in [0.4, 0.5) is 24.8 Å². The first-order chi connectivity index (χ1) is 12.5. The summed E-state index contributed by atoms with van der Waals surface area (Å²) in [5.41, 5.74) is 2.71. The molecule has 4 rings (SSSR count). The molecule has 2 heterocycles. The molecule has 28 heavy (non-hydrogen) atoms. The molecule has 10 heteroatoms. The Morgan fingerprint density at radius 3 is 2.54 bits per heavy atom. The van der Waals surface area contributed by atoms with Crippen molar-refractivity contribution in [3.8, 4) is 11.3 Å². The molecule has 4 aromatic rings. The first-order valence-electron chi connectivity index (χ1n) is 7.70. The zero-order valence-electron chi connectivity index (χ0n) is 14.1. The van der Waals surface area contributed by atoms with Crippen LogP contribution in [0.2, 0.25) is 0 Å². The fourth-order valence-corrected chi connectivity index (χ4v) is 2.57. The number of rotatable bonds is 3. The number of halogens is 5. The van der Waals surface area contributed by atoms with Crippen LogP contribution in [0.3, 0.4) is 0 Å². The number of nitrogens with one attached hydrogen (secondary N) is 2. The third-order valence-electron chi connectivity index (χ3n) is 3.82. The van der Waals surface area contributed by atoms with Gasteiger partial charge in [-0.15, -0.1) is 24.8 Å². The van der Waals surface area contributed by atoms with Crippen molar-refractivity contribution in [2.75, 3.05) is 5.32 Å². The largest absolute Gasteiger partial charge is 0.416 e. The summed E-state index contributed by atoms with van der Waals surface area (Å²) in [4.78, 5) is 15.7. The molecule has 0 bridgehead atoms. The topological polar surface area (TPSA) is 66.5 Å². The van der Waals surface area contributed by atoms with Crippen molar-refractivity contribution in [2.24, 2.45) is 0 Å². The van der Waals surface area contributed by atoms with Crippen LogP contribution < -0.4 is 5.32 Å². The molecule has 2 aromatic heterocycles. The fraction of sp³-hybridized carbons (Fsp3) is 0.0556. The van der Waals surface area contributed by atoms with Crippen molar-refractivity contribution in [1.29, 1.82) is 0 Å². The number of fused-ring (bicyclic) bond motifs is 1. The lowest BCUT2D eigenvalue weighted by Gasteiger charge is -2.10. The van der Waals surface area contributed by atoms with Gasteiger partial charge in [0.25, 0.3) is 0 Å². The van der Waals surface area contributed by atoms with Gasteiger partial charge in [0.2, 0.25) is 5.95 Å². The Morgan fingerprint density at radius 1 is 0.929 bits per heavy atom. The first kappa shape index (κ1) is 21.5. The highest BCUT2D eigenvalue weighted by Crippen LogP contribution is 2.31. The molecule has 2 aromatic carbocycles. The quantitative estimate of drug-likeness (QED) is 0.444.